The van der Waals surface area contributed by atoms with Gasteiger partial charge in [-0.25, -0.2) is 0 Å². The molecular formula is C20H42N2O5. The Kier molecular flexibility index (Phi) is 14.7. The van der Waals surface area contributed by atoms with Crippen molar-refractivity contribution in [1.29, 1.82) is 0 Å². The van der Waals surface area contributed by atoms with Crippen LogP contribution in [0.3, 0.4) is 0 Å². The molecule has 0 heterocycles. The van der Waals surface area contributed by atoms with E-state index in [1.807, 2.05) is 27.7 Å². The molecule has 1 rings (SSSR count). The minimum atomic E-state index is -0.0585. The summed E-state index contributed by atoms with van der Waals surface area (Å²) in [6, 6.07) is 0.119. The zero-order valence-electron chi connectivity index (χ0n) is 17.6. The quantitative estimate of drug-likeness (QED) is 0.529. The molecule has 1 aliphatic carbocycles. The van der Waals surface area contributed by atoms with E-state index < -0.39 is 0 Å². The smallest absolute Gasteiger partial charge is 0.223 e. The van der Waals surface area contributed by atoms with E-state index in [4.69, 9.17) is 9.47 Å². The van der Waals surface area contributed by atoms with E-state index in [9.17, 15) is 14.4 Å². The molecule has 2 amide bonds. The van der Waals surface area contributed by atoms with Crippen molar-refractivity contribution in [1.82, 2.24) is 10.6 Å². The molecule has 0 unspecified atom stereocenters. The zero-order valence-corrected chi connectivity index (χ0v) is 17.6. The largest absolute Gasteiger partial charge is 0.379 e. The number of carbonyl (C=O) groups excluding carboxylic acids is 3. The van der Waals surface area contributed by atoms with Crippen molar-refractivity contribution in [2.45, 2.75) is 78.9 Å². The second kappa shape index (κ2) is 15.6. The highest BCUT2D eigenvalue weighted by Gasteiger charge is 2.26. The lowest BCUT2D eigenvalue weighted by molar-refractivity contribution is -0.128. The summed E-state index contributed by atoms with van der Waals surface area (Å²) in [6.45, 7) is 10.9. The zero-order chi connectivity index (χ0) is 20.7. The van der Waals surface area contributed by atoms with E-state index in [0.717, 1.165) is 25.7 Å². The predicted molar refractivity (Wildman–Crippen MR) is 110 cm³/mol. The van der Waals surface area contributed by atoms with E-state index in [2.05, 4.69) is 10.6 Å². The molecule has 1 saturated carbocycles. The number of amides is 2. The molecule has 1 fully saturated rings. The Balaban J connectivity index is -0.00000163. The summed E-state index contributed by atoms with van der Waals surface area (Å²) in [5.41, 5.74) is 0. The van der Waals surface area contributed by atoms with Gasteiger partial charge in [-0.05, 0) is 46.5 Å². The summed E-state index contributed by atoms with van der Waals surface area (Å²) < 4.78 is 10.7. The van der Waals surface area contributed by atoms with E-state index >= 15 is 0 Å². The van der Waals surface area contributed by atoms with Crippen LogP contribution in [0.2, 0.25) is 0 Å². The molecule has 0 aromatic carbocycles. The minimum absolute atomic E-state index is 0. The van der Waals surface area contributed by atoms with Crippen LogP contribution >= 0.6 is 0 Å². The number of hydrogen-bond donors (Lipinski definition) is 2. The maximum absolute atomic E-state index is 11.9. The molecule has 7 nitrogen and oxygen atoms in total. The van der Waals surface area contributed by atoms with Crippen molar-refractivity contribution in [2.24, 2.45) is 5.92 Å². The van der Waals surface area contributed by atoms with Crippen LogP contribution in [-0.4, -0.2) is 56.1 Å². The first-order valence-electron chi connectivity index (χ1n) is 10.1. The number of Topliss-reactive ketones (excluding diaryl/α,β-unsaturated/α-hetero) is 1. The van der Waals surface area contributed by atoms with Crippen LogP contribution in [0.5, 0.6) is 0 Å². The van der Waals surface area contributed by atoms with Gasteiger partial charge in [0.05, 0.1) is 32.5 Å². The van der Waals surface area contributed by atoms with Crippen molar-refractivity contribution in [3.8, 4) is 0 Å². The lowest BCUT2D eigenvalue weighted by Crippen LogP contribution is -2.41. The summed E-state index contributed by atoms with van der Waals surface area (Å²) in [7, 11) is 0. The molecule has 2 N–H and O–H groups in total. The van der Waals surface area contributed by atoms with Crippen molar-refractivity contribution >= 4 is 17.6 Å². The fraction of sp³-hybridized carbons (Fsp3) is 0.850. The molecule has 0 radical (unpaired) electrons. The third-order valence-corrected chi connectivity index (χ3v) is 4.13. The number of carbonyl (C=O) groups is 3. The van der Waals surface area contributed by atoms with Crippen LogP contribution in [0, 0.1) is 5.92 Å². The van der Waals surface area contributed by atoms with Gasteiger partial charge in [-0.1, -0.05) is 13.8 Å². The molecule has 0 bridgehead atoms. The Morgan fingerprint density at radius 1 is 1.04 bits per heavy atom. The molecule has 0 aromatic rings. The number of ether oxygens (including phenoxy) is 2. The number of nitrogens with one attached hydrogen (secondary N) is 2. The van der Waals surface area contributed by atoms with E-state index in [0.29, 0.717) is 26.2 Å². The first-order valence-corrected chi connectivity index (χ1v) is 10.1. The van der Waals surface area contributed by atoms with Gasteiger partial charge in [0, 0.05) is 21.2 Å². The fourth-order valence-corrected chi connectivity index (χ4v) is 2.77. The Labute approximate surface area is 166 Å². The van der Waals surface area contributed by atoms with Crippen LogP contribution < -0.4 is 10.6 Å². The summed E-state index contributed by atoms with van der Waals surface area (Å²) in [4.78, 5) is 34.7. The normalized spacial score (nSPS) is 19.0. The van der Waals surface area contributed by atoms with Crippen LogP contribution in [0.1, 0.15) is 69.6 Å². The Hall–Kier alpha value is -1.47. The maximum atomic E-state index is 11.9. The van der Waals surface area contributed by atoms with Gasteiger partial charge in [-0.2, -0.15) is 0 Å². The molecule has 7 heteroatoms. The topological polar surface area (TPSA) is 93.7 Å². The molecule has 0 aliphatic heterocycles. The second-order valence-corrected chi connectivity index (χ2v) is 6.82. The highest BCUT2D eigenvalue weighted by Crippen LogP contribution is 2.24. The molecule has 27 heavy (non-hydrogen) atoms. The summed E-state index contributed by atoms with van der Waals surface area (Å²) >= 11 is 0. The number of ketones is 1. The van der Waals surface area contributed by atoms with Crippen LogP contribution in [-0.2, 0) is 23.9 Å². The molecule has 1 aliphatic rings. The highest BCUT2D eigenvalue weighted by molar-refractivity contribution is 5.85. The van der Waals surface area contributed by atoms with Gasteiger partial charge in [0.1, 0.15) is 5.78 Å². The monoisotopic (exact) mass is 390 g/mol. The van der Waals surface area contributed by atoms with Gasteiger partial charge in [-0.15, -0.1) is 0 Å². The van der Waals surface area contributed by atoms with Gasteiger partial charge in [0.15, 0.2) is 0 Å². The fourth-order valence-electron chi connectivity index (χ4n) is 2.77. The van der Waals surface area contributed by atoms with Gasteiger partial charge < -0.3 is 20.1 Å². The highest BCUT2D eigenvalue weighted by atomic mass is 16.5. The molecule has 0 saturated heterocycles. The molecule has 162 valence electrons. The van der Waals surface area contributed by atoms with Crippen molar-refractivity contribution in [3.05, 3.63) is 0 Å². The van der Waals surface area contributed by atoms with Gasteiger partial charge >= 0.3 is 0 Å². The summed E-state index contributed by atoms with van der Waals surface area (Å²) in [5.74, 6) is -0.185. The van der Waals surface area contributed by atoms with Gasteiger partial charge in [-0.3, -0.25) is 14.4 Å². The predicted octanol–water partition coefficient (Wildman–Crippen LogP) is 2.72. The third kappa shape index (κ3) is 13.4. The van der Waals surface area contributed by atoms with E-state index in [1.165, 1.54) is 6.92 Å². The van der Waals surface area contributed by atoms with Gasteiger partial charge in [0.2, 0.25) is 11.8 Å². The summed E-state index contributed by atoms with van der Waals surface area (Å²) in [5, 5.41) is 5.66. The Bertz CT molecular complexity index is 443. The molecule has 0 spiro atoms. The number of rotatable bonds is 11. The lowest BCUT2D eigenvalue weighted by Gasteiger charge is -2.28. The average Bonchev–Trinajstić information content (AvgIpc) is 2.64. The second-order valence-electron chi connectivity index (χ2n) is 6.82. The minimum Gasteiger partial charge on any atom is -0.379 e. The number of hydrogen-bond acceptors (Lipinski definition) is 5. The SMILES string of the molecule is CC.CC(=O)CNC(=O)C1CCC(NC(=O)CCOCCOC(C)C)CC1.[HH].[HH]. The average molecular weight is 391 g/mol. The summed E-state index contributed by atoms with van der Waals surface area (Å²) in [6.07, 6.45) is 3.56. The van der Waals surface area contributed by atoms with E-state index in [-0.39, 0.29) is 45.1 Å². The van der Waals surface area contributed by atoms with Crippen LogP contribution in [0.4, 0.5) is 0 Å². The van der Waals surface area contributed by atoms with Crippen LogP contribution in [0.25, 0.3) is 0 Å². The molecule has 0 atom stereocenters. The van der Waals surface area contributed by atoms with Crippen molar-refractivity contribution in [3.63, 3.8) is 0 Å². The molecule has 0 aromatic heterocycles. The first kappa shape index (κ1) is 25.5. The standard InChI is InChI=1S/C18H32N2O5.C2H6.2H2/c1-13(2)25-11-10-24-9-8-17(22)20-16-6-4-15(5-7-16)18(23)19-12-14(3)21;1-2;;/h13,15-16H,4-12H2,1-3H3,(H,19,23)(H,20,22);1-2H3;2*1H. The Morgan fingerprint density at radius 3 is 2.22 bits per heavy atom. The van der Waals surface area contributed by atoms with Gasteiger partial charge in [0.25, 0.3) is 0 Å². The molecular weight excluding hydrogens is 348 g/mol. The lowest BCUT2D eigenvalue weighted by atomic mass is 9.85. The van der Waals surface area contributed by atoms with Crippen molar-refractivity contribution < 1.29 is 26.7 Å². The Morgan fingerprint density at radius 2 is 1.67 bits per heavy atom. The third-order valence-electron chi connectivity index (χ3n) is 4.13. The first-order chi connectivity index (χ1) is 12.9. The van der Waals surface area contributed by atoms with E-state index in [1.54, 1.807) is 0 Å². The van der Waals surface area contributed by atoms with Crippen LogP contribution in [0.15, 0.2) is 0 Å². The maximum Gasteiger partial charge on any atom is 0.223 e. The van der Waals surface area contributed by atoms with Crippen molar-refractivity contribution in [2.75, 3.05) is 26.4 Å².